The van der Waals surface area contributed by atoms with Gasteiger partial charge in [0.1, 0.15) is 5.82 Å². The second kappa shape index (κ2) is 5.24. The van der Waals surface area contributed by atoms with Crippen LogP contribution in [0.15, 0.2) is 23.7 Å². The Morgan fingerprint density at radius 2 is 2.22 bits per heavy atom. The zero-order valence-corrected chi connectivity index (χ0v) is 11.9. The second-order valence-electron chi connectivity index (χ2n) is 5.44. The Morgan fingerprint density at radius 3 is 2.94 bits per heavy atom. The van der Waals surface area contributed by atoms with E-state index in [-0.39, 0.29) is 0 Å². The summed E-state index contributed by atoms with van der Waals surface area (Å²) in [5.41, 5.74) is -0.700. The molecule has 1 atom stereocenters. The molecule has 2 heterocycles. The predicted octanol–water partition coefficient (Wildman–Crippen LogP) is 3.51. The molecule has 0 aliphatic heterocycles. The monoisotopic (exact) mass is 264 g/mol. The molecular weight excluding hydrogens is 244 g/mol. The van der Waals surface area contributed by atoms with Crippen molar-refractivity contribution >= 4 is 27.2 Å². The van der Waals surface area contributed by atoms with Crippen molar-refractivity contribution < 1.29 is 5.11 Å². The van der Waals surface area contributed by atoms with Gasteiger partial charge in [-0.3, -0.25) is 0 Å². The minimum atomic E-state index is -0.700. The quantitative estimate of drug-likeness (QED) is 0.868. The first-order chi connectivity index (χ1) is 8.48. The summed E-state index contributed by atoms with van der Waals surface area (Å²) < 4.78 is 1.22. The Hall–Kier alpha value is -1.13. The summed E-state index contributed by atoms with van der Waals surface area (Å²) in [7, 11) is 0. The molecular formula is C14H20N2OS. The smallest absolute Gasteiger partial charge is 0.134 e. The number of rotatable bonds is 5. The molecule has 4 heteroatoms. The van der Waals surface area contributed by atoms with Crippen LogP contribution >= 0.6 is 11.3 Å². The van der Waals surface area contributed by atoms with Gasteiger partial charge >= 0.3 is 0 Å². The summed E-state index contributed by atoms with van der Waals surface area (Å²) >= 11 is 1.70. The van der Waals surface area contributed by atoms with Gasteiger partial charge in [-0.15, -0.1) is 11.3 Å². The molecule has 0 aliphatic carbocycles. The molecule has 0 saturated heterocycles. The van der Waals surface area contributed by atoms with Crippen molar-refractivity contribution in [1.29, 1.82) is 0 Å². The number of anilines is 1. The van der Waals surface area contributed by atoms with Crippen LogP contribution in [0.4, 0.5) is 5.82 Å². The van der Waals surface area contributed by atoms with Gasteiger partial charge in [-0.2, -0.15) is 0 Å². The minimum absolute atomic E-state index is 0.478. The van der Waals surface area contributed by atoms with Crippen LogP contribution in [-0.4, -0.2) is 22.2 Å². The number of hydrogen-bond donors (Lipinski definition) is 2. The van der Waals surface area contributed by atoms with Gasteiger partial charge in [-0.25, -0.2) is 4.98 Å². The van der Waals surface area contributed by atoms with Gasteiger partial charge in [0.05, 0.1) is 5.60 Å². The Labute approximate surface area is 112 Å². The highest BCUT2D eigenvalue weighted by atomic mass is 32.1. The first kappa shape index (κ1) is 13.3. The SMILES string of the molecule is CC(C)CC(C)(O)CNc1nccc2sccc12. The molecule has 2 aromatic heterocycles. The summed E-state index contributed by atoms with van der Waals surface area (Å²) in [6.45, 7) is 6.62. The Morgan fingerprint density at radius 1 is 1.44 bits per heavy atom. The van der Waals surface area contributed by atoms with Crippen molar-refractivity contribution in [2.75, 3.05) is 11.9 Å². The molecule has 0 aromatic carbocycles. The maximum Gasteiger partial charge on any atom is 0.134 e. The van der Waals surface area contributed by atoms with E-state index in [4.69, 9.17) is 0 Å². The van der Waals surface area contributed by atoms with Crippen LogP contribution in [-0.2, 0) is 0 Å². The molecule has 2 N–H and O–H groups in total. The van der Waals surface area contributed by atoms with Gasteiger partial charge in [-0.05, 0) is 36.8 Å². The fourth-order valence-corrected chi connectivity index (χ4v) is 3.04. The molecule has 2 rings (SSSR count). The molecule has 3 nitrogen and oxygen atoms in total. The molecule has 0 aliphatic rings. The summed E-state index contributed by atoms with van der Waals surface area (Å²) in [6.07, 6.45) is 2.58. The fraction of sp³-hybridized carbons (Fsp3) is 0.500. The lowest BCUT2D eigenvalue weighted by Gasteiger charge is -2.26. The van der Waals surface area contributed by atoms with Crippen LogP contribution in [0, 0.1) is 5.92 Å². The van der Waals surface area contributed by atoms with Gasteiger partial charge in [0.25, 0.3) is 0 Å². The number of pyridine rings is 1. The van der Waals surface area contributed by atoms with Gasteiger partial charge < -0.3 is 10.4 Å². The van der Waals surface area contributed by atoms with Gasteiger partial charge in [0.2, 0.25) is 0 Å². The first-order valence-corrected chi connectivity index (χ1v) is 7.14. The molecule has 0 amide bonds. The highest BCUT2D eigenvalue weighted by molar-refractivity contribution is 7.17. The predicted molar refractivity (Wildman–Crippen MR) is 78.2 cm³/mol. The van der Waals surface area contributed by atoms with E-state index in [1.165, 1.54) is 4.70 Å². The standard InChI is InChI=1S/C14H20N2OS/c1-10(2)8-14(3,17)9-16-13-11-5-7-18-12(11)4-6-15-13/h4-7,10,17H,8-9H2,1-3H3,(H,15,16). The minimum Gasteiger partial charge on any atom is -0.388 e. The van der Waals surface area contributed by atoms with Crippen LogP contribution in [0.5, 0.6) is 0 Å². The third-order valence-corrected chi connectivity index (χ3v) is 3.75. The molecule has 0 spiro atoms. The number of aromatic nitrogens is 1. The number of nitrogens with zero attached hydrogens (tertiary/aromatic N) is 1. The van der Waals surface area contributed by atoms with Crippen LogP contribution in [0.3, 0.4) is 0 Å². The van der Waals surface area contributed by atoms with Crippen molar-refractivity contribution in [2.45, 2.75) is 32.8 Å². The number of thiophene rings is 1. The second-order valence-corrected chi connectivity index (χ2v) is 6.39. The van der Waals surface area contributed by atoms with E-state index in [2.05, 4.69) is 35.6 Å². The van der Waals surface area contributed by atoms with Crippen molar-refractivity contribution in [1.82, 2.24) is 4.98 Å². The molecule has 1 unspecified atom stereocenters. The summed E-state index contributed by atoms with van der Waals surface area (Å²) in [6, 6.07) is 4.07. The molecule has 18 heavy (non-hydrogen) atoms. The largest absolute Gasteiger partial charge is 0.388 e. The lowest BCUT2D eigenvalue weighted by atomic mass is 9.94. The van der Waals surface area contributed by atoms with E-state index in [0.29, 0.717) is 12.5 Å². The van der Waals surface area contributed by atoms with Gasteiger partial charge in [0.15, 0.2) is 0 Å². The van der Waals surface area contributed by atoms with E-state index >= 15 is 0 Å². The topological polar surface area (TPSA) is 45.1 Å². The Kier molecular flexibility index (Phi) is 3.88. The highest BCUT2D eigenvalue weighted by Gasteiger charge is 2.21. The maximum absolute atomic E-state index is 10.3. The zero-order chi connectivity index (χ0) is 13.2. The third kappa shape index (κ3) is 3.21. The Bertz CT molecular complexity index is 519. The Balaban J connectivity index is 2.08. The van der Waals surface area contributed by atoms with Crippen LogP contribution in [0.25, 0.3) is 10.1 Å². The molecule has 0 radical (unpaired) electrons. The number of hydrogen-bond acceptors (Lipinski definition) is 4. The number of aliphatic hydroxyl groups is 1. The first-order valence-electron chi connectivity index (χ1n) is 6.26. The summed E-state index contributed by atoms with van der Waals surface area (Å²) in [5.74, 6) is 1.34. The normalized spacial score (nSPS) is 14.9. The van der Waals surface area contributed by atoms with E-state index in [0.717, 1.165) is 17.6 Å². The highest BCUT2D eigenvalue weighted by Crippen LogP contribution is 2.26. The van der Waals surface area contributed by atoms with E-state index in [1.54, 1.807) is 17.5 Å². The van der Waals surface area contributed by atoms with Crippen molar-refractivity contribution in [3.63, 3.8) is 0 Å². The molecule has 0 saturated carbocycles. The number of fused-ring (bicyclic) bond motifs is 1. The van der Waals surface area contributed by atoms with Crippen molar-refractivity contribution in [2.24, 2.45) is 5.92 Å². The maximum atomic E-state index is 10.3. The molecule has 0 fully saturated rings. The third-order valence-electron chi connectivity index (χ3n) is 2.86. The fourth-order valence-electron chi connectivity index (χ4n) is 2.26. The number of nitrogens with one attached hydrogen (secondary N) is 1. The van der Waals surface area contributed by atoms with Crippen LogP contribution in [0.1, 0.15) is 27.2 Å². The van der Waals surface area contributed by atoms with Crippen LogP contribution in [0.2, 0.25) is 0 Å². The average Bonchev–Trinajstić information content (AvgIpc) is 2.72. The van der Waals surface area contributed by atoms with Gasteiger partial charge in [0, 0.05) is 22.8 Å². The molecule has 2 aromatic rings. The zero-order valence-electron chi connectivity index (χ0n) is 11.1. The molecule has 98 valence electrons. The summed E-state index contributed by atoms with van der Waals surface area (Å²) in [5, 5.41) is 16.7. The van der Waals surface area contributed by atoms with Crippen molar-refractivity contribution in [3.05, 3.63) is 23.7 Å². The van der Waals surface area contributed by atoms with E-state index < -0.39 is 5.60 Å². The lowest BCUT2D eigenvalue weighted by Crippen LogP contribution is -2.35. The van der Waals surface area contributed by atoms with E-state index in [1.807, 2.05) is 13.0 Å². The van der Waals surface area contributed by atoms with Crippen LogP contribution < -0.4 is 5.32 Å². The van der Waals surface area contributed by atoms with Crippen molar-refractivity contribution in [3.8, 4) is 0 Å². The van der Waals surface area contributed by atoms with Gasteiger partial charge in [-0.1, -0.05) is 13.8 Å². The lowest BCUT2D eigenvalue weighted by molar-refractivity contribution is 0.0515. The average molecular weight is 264 g/mol. The summed E-state index contributed by atoms with van der Waals surface area (Å²) in [4.78, 5) is 4.35. The molecule has 0 bridgehead atoms. The van der Waals surface area contributed by atoms with E-state index in [9.17, 15) is 5.11 Å².